The maximum Gasteiger partial charge on any atom is 0.407 e. The number of rotatable bonds is 19. The van der Waals surface area contributed by atoms with Crippen molar-refractivity contribution < 1.29 is 33.4 Å². The van der Waals surface area contributed by atoms with E-state index in [-0.39, 0.29) is 49.9 Å². The molecular formula is C29H43N3O7. The van der Waals surface area contributed by atoms with Gasteiger partial charge in [0.05, 0.1) is 19.6 Å². The Balaban J connectivity index is 1.46. The van der Waals surface area contributed by atoms with Crippen molar-refractivity contribution in [1.29, 1.82) is 0 Å². The maximum atomic E-state index is 12.0. The minimum absolute atomic E-state index is 0.0950. The molecule has 0 bridgehead atoms. The summed E-state index contributed by atoms with van der Waals surface area (Å²) in [5.74, 6) is -0.120. The zero-order valence-electron chi connectivity index (χ0n) is 23.3. The summed E-state index contributed by atoms with van der Waals surface area (Å²) in [4.78, 5) is 60.3. The van der Waals surface area contributed by atoms with Gasteiger partial charge in [0, 0.05) is 44.8 Å². The highest BCUT2D eigenvalue weighted by molar-refractivity contribution is 6.00. The molecule has 2 rings (SSSR count). The second-order valence-electron chi connectivity index (χ2n) is 9.73. The summed E-state index contributed by atoms with van der Waals surface area (Å²) in [7, 11) is 0. The Morgan fingerprint density at radius 3 is 2.33 bits per heavy atom. The van der Waals surface area contributed by atoms with E-state index in [0.29, 0.717) is 44.7 Å². The lowest BCUT2D eigenvalue weighted by molar-refractivity contribution is -0.151. The van der Waals surface area contributed by atoms with Crippen molar-refractivity contribution >= 4 is 29.6 Å². The fourth-order valence-corrected chi connectivity index (χ4v) is 4.23. The number of β-lactam (4-membered cyclic amide) rings is 1. The summed E-state index contributed by atoms with van der Waals surface area (Å²) < 4.78 is 10.5. The van der Waals surface area contributed by atoms with E-state index < -0.39 is 6.09 Å². The van der Waals surface area contributed by atoms with Crippen molar-refractivity contribution in [1.82, 2.24) is 15.5 Å². The molecule has 216 valence electrons. The fourth-order valence-electron chi connectivity index (χ4n) is 4.23. The van der Waals surface area contributed by atoms with Crippen LogP contribution in [0.2, 0.25) is 0 Å². The van der Waals surface area contributed by atoms with Gasteiger partial charge in [-0.05, 0) is 30.4 Å². The Bertz CT molecular complexity index is 949. The molecule has 2 N–H and O–H groups in total. The smallest absolute Gasteiger partial charge is 0.407 e. The number of unbranched alkanes of at least 4 members (excludes halogenated alkanes) is 1. The lowest BCUT2D eigenvalue weighted by Gasteiger charge is -2.28. The number of carbonyl (C=O) groups is 5. The highest BCUT2D eigenvalue weighted by Gasteiger charge is 2.29. The van der Waals surface area contributed by atoms with Crippen LogP contribution in [0.15, 0.2) is 24.3 Å². The van der Waals surface area contributed by atoms with Crippen LogP contribution in [-0.4, -0.2) is 67.4 Å². The monoisotopic (exact) mass is 545 g/mol. The molecule has 1 fully saturated rings. The number of ketones is 1. The van der Waals surface area contributed by atoms with Gasteiger partial charge >= 0.3 is 6.09 Å². The van der Waals surface area contributed by atoms with Crippen LogP contribution >= 0.6 is 0 Å². The van der Waals surface area contributed by atoms with E-state index in [9.17, 15) is 24.0 Å². The molecule has 0 saturated carbocycles. The van der Waals surface area contributed by atoms with Crippen molar-refractivity contribution in [2.75, 3.05) is 32.9 Å². The Labute approximate surface area is 231 Å². The first-order valence-corrected chi connectivity index (χ1v) is 14.0. The molecule has 10 nitrogen and oxygen atoms in total. The van der Waals surface area contributed by atoms with E-state index in [1.165, 1.54) is 4.90 Å². The van der Waals surface area contributed by atoms with Gasteiger partial charge in [-0.3, -0.25) is 24.1 Å². The lowest BCUT2D eigenvalue weighted by atomic mass is 9.91. The summed E-state index contributed by atoms with van der Waals surface area (Å²) in [5, 5.41) is 5.48. The van der Waals surface area contributed by atoms with Gasteiger partial charge in [-0.15, -0.1) is 0 Å². The highest BCUT2D eigenvalue weighted by atomic mass is 16.5. The van der Waals surface area contributed by atoms with Crippen LogP contribution in [0.25, 0.3) is 0 Å². The van der Waals surface area contributed by atoms with Crippen molar-refractivity contribution in [2.45, 2.75) is 78.2 Å². The van der Waals surface area contributed by atoms with E-state index in [1.807, 2.05) is 31.2 Å². The largest absolute Gasteiger partial charge is 0.449 e. The molecule has 1 heterocycles. The van der Waals surface area contributed by atoms with Gasteiger partial charge in [-0.1, -0.05) is 51.0 Å². The Morgan fingerprint density at radius 1 is 0.949 bits per heavy atom. The van der Waals surface area contributed by atoms with Gasteiger partial charge in [-0.25, -0.2) is 4.79 Å². The number of hydrogen-bond donors (Lipinski definition) is 2. The molecule has 1 unspecified atom stereocenters. The van der Waals surface area contributed by atoms with Crippen LogP contribution in [0.1, 0.15) is 76.3 Å². The number of imide groups is 1. The molecule has 0 aliphatic carbocycles. The number of nitrogens with zero attached hydrogens (tertiary/aromatic N) is 1. The van der Waals surface area contributed by atoms with Crippen LogP contribution in [0.5, 0.6) is 0 Å². The van der Waals surface area contributed by atoms with Crippen LogP contribution in [0.3, 0.4) is 0 Å². The Morgan fingerprint density at radius 2 is 1.69 bits per heavy atom. The predicted molar refractivity (Wildman–Crippen MR) is 146 cm³/mol. The summed E-state index contributed by atoms with van der Waals surface area (Å²) in [6.07, 6.45) is 5.66. The van der Waals surface area contributed by atoms with Crippen LogP contribution < -0.4 is 10.6 Å². The molecule has 1 aliphatic heterocycles. The number of amides is 4. The average Bonchev–Trinajstić information content (AvgIpc) is 2.92. The van der Waals surface area contributed by atoms with E-state index in [1.54, 1.807) is 0 Å². The van der Waals surface area contributed by atoms with Crippen LogP contribution in [0.4, 0.5) is 4.79 Å². The van der Waals surface area contributed by atoms with Crippen molar-refractivity contribution in [3.05, 3.63) is 35.4 Å². The molecule has 1 saturated heterocycles. The molecule has 4 amide bonds. The third-order valence-electron chi connectivity index (χ3n) is 6.61. The maximum absolute atomic E-state index is 12.0. The number of carbonyl (C=O) groups excluding carboxylic acids is 5. The van der Waals surface area contributed by atoms with Crippen molar-refractivity contribution in [3.63, 3.8) is 0 Å². The first-order valence-electron chi connectivity index (χ1n) is 14.0. The van der Waals surface area contributed by atoms with E-state index in [0.717, 1.165) is 43.2 Å². The quantitative estimate of drug-likeness (QED) is 0.201. The van der Waals surface area contributed by atoms with Crippen molar-refractivity contribution in [3.8, 4) is 0 Å². The standard InChI is InChI=1S/C29H43N3O7/c1-3-8-24(25(33)4-2)9-5-6-15-30-29(37)39-18-7-17-38-21-26(34)31-20-23-12-10-22(11-13-23)19-28(36)32-16-14-27(32)35/h10-13,24H,3-9,14-21H2,1-2H3,(H,30,37)(H,31,34). The van der Waals surface area contributed by atoms with Gasteiger partial charge in [0.15, 0.2) is 0 Å². The Hall–Kier alpha value is -3.27. The number of alkyl carbamates (subject to hydrolysis) is 1. The second kappa shape index (κ2) is 18.1. The molecular weight excluding hydrogens is 502 g/mol. The first-order chi connectivity index (χ1) is 18.8. The van der Waals surface area contributed by atoms with Gasteiger partial charge in [-0.2, -0.15) is 0 Å². The third kappa shape index (κ3) is 12.4. The summed E-state index contributed by atoms with van der Waals surface area (Å²) in [6.45, 7) is 5.71. The summed E-state index contributed by atoms with van der Waals surface area (Å²) >= 11 is 0. The SMILES string of the molecule is CCCC(CCCCNC(=O)OCCCOCC(=O)NCc1ccc(CC(=O)N2CCC2=O)cc1)C(=O)CC. The topological polar surface area (TPSA) is 131 Å². The minimum Gasteiger partial charge on any atom is -0.449 e. The van der Waals surface area contributed by atoms with E-state index in [4.69, 9.17) is 9.47 Å². The molecule has 39 heavy (non-hydrogen) atoms. The molecule has 1 aromatic rings. The number of hydrogen-bond acceptors (Lipinski definition) is 7. The van der Waals surface area contributed by atoms with Gasteiger partial charge in [0.25, 0.3) is 0 Å². The summed E-state index contributed by atoms with van der Waals surface area (Å²) in [5.41, 5.74) is 1.70. The number of benzene rings is 1. The van der Waals surface area contributed by atoms with Gasteiger partial charge in [0.1, 0.15) is 12.4 Å². The van der Waals surface area contributed by atoms with E-state index >= 15 is 0 Å². The summed E-state index contributed by atoms with van der Waals surface area (Å²) in [6, 6.07) is 7.30. The average molecular weight is 546 g/mol. The molecule has 1 aliphatic rings. The lowest BCUT2D eigenvalue weighted by Crippen LogP contribution is -2.48. The fraction of sp³-hybridized carbons (Fsp3) is 0.621. The zero-order chi connectivity index (χ0) is 28.5. The number of nitrogens with one attached hydrogen (secondary N) is 2. The number of likely N-dealkylation sites (tertiary alicyclic amines) is 1. The van der Waals surface area contributed by atoms with Crippen molar-refractivity contribution in [2.24, 2.45) is 5.92 Å². The first kappa shape index (κ1) is 31.9. The molecule has 0 spiro atoms. The zero-order valence-corrected chi connectivity index (χ0v) is 23.3. The molecule has 1 atom stereocenters. The molecule has 1 aromatic carbocycles. The van der Waals surface area contributed by atoms with Crippen LogP contribution in [-0.2, 0) is 41.6 Å². The third-order valence-corrected chi connectivity index (χ3v) is 6.61. The number of ether oxygens (including phenoxy) is 2. The normalized spacial score (nSPS) is 13.4. The van der Waals surface area contributed by atoms with E-state index in [2.05, 4.69) is 17.6 Å². The Kier molecular flexibility index (Phi) is 14.8. The minimum atomic E-state index is -0.480. The van der Waals surface area contributed by atoms with Gasteiger partial charge < -0.3 is 20.1 Å². The molecule has 10 heteroatoms. The number of Topliss-reactive ketones (excluding diaryl/α,β-unsaturated/α-hetero) is 1. The second-order valence-corrected chi connectivity index (χ2v) is 9.73. The molecule has 0 aromatic heterocycles. The predicted octanol–water partition coefficient (Wildman–Crippen LogP) is 3.30. The van der Waals surface area contributed by atoms with Crippen LogP contribution in [0, 0.1) is 5.92 Å². The highest BCUT2D eigenvalue weighted by Crippen LogP contribution is 2.17. The van der Waals surface area contributed by atoms with Gasteiger partial charge in [0.2, 0.25) is 17.7 Å². The molecule has 0 radical (unpaired) electrons.